The third-order valence-corrected chi connectivity index (χ3v) is 3.58. The second-order valence-corrected chi connectivity index (χ2v) is 5.16. The first-order valence-corrected chi connectivity index (χ1v) is 7.17. The van der Waals surface area contributed by atoms with Crippen LogP contribution in [0.5, 0.6) is 5.75 Å². The van der Waals surface area contributed by atoms with E-state index in [4.69, 9.17) is 4.74 Å². The van der Waals surface area contributed by atoms with Crippen LogP contribution in [0.2, 0.25) is 0 Å². The van der Waals surface area contributed by atoms with Crippen molar-refractivity contribution in [2.45, 2.75) is 6.54 Å². The normalized spacial score (nSPS) is 10.1. The lowest BCUT2D eigenvalue weighted by molar-refractivity contribution is -0.385. The van der Waals surface area contributed by atoms with Crippen molar-refractivity contribution in [1.29, 1.82) is 0 Å². The number of anilines is 1. The number of nitrogens with zero attached hydrogens (tertiary/aromatic N) is 2. The fourth-order valence-electron chi connectivity index (χ4n) is 2.33. The molecule has 0 radical (unpaired) electrons. The van der Waals surface area contributed by atoms with Gasteiger partial charge < -0.3 is 14.4 Å². The maximum atomic E-state index is 11.8. The zero-order valence-electron chi connectivity index (χ0n) is 13.7. The maximum absolute atomic E-state index is 11.8. The predicted molar refractivity (Wildman–Crippen MR) is 89.5 cm³/mol. The van der Waals surface area contributed by atoms with E-state index in [9.17, 15) is 14.9 Å². The van der Waals surface area contributed by atoms with Crippen LogP contribution >= 0.6 is 0 Å². The SMILES string of the molecule is COC(=O)c1cc(N(C)Cc2cccc(OC)c2)ccc1[N+](=O)[O-]. The Bertz CT molecular complexity index is 760. The highest BCUT2D eigenvalue weighted by Gasteiger charge is 2.22. The van der Waals surface area contributed by atoms with Crippen molar-refractivity contribution >= 4 is 17.3 Å². The number of hydrogen-bond donors (Lipinski definition) is 0. The summed E-state index contributed by atoms with van der Waals surface area (Å²) in [5, 5.41) is 11.1. The van der Waals surface area contributed by atoms with Gasteiger partial charge in [-0.3, -0.25) is 10.1 Å². The number of methoxy groups -OCH3 is 2. The second-order valence-electron chi connectivity index (χ2n) is 5.16. The lowest BCUT2D eigenvalue weighted by atomic mass is 10.1. The van der Waals surface area contributed by atoms with Crippen LogP contribution in [0.1, 0.15) is 15.9 Å². The molecule has 24 heavy (non-hydrogen) atoms. The molecule has 7 heteroatoms. The summed E-state index contributed by atoms with van der Waals surface area (Å²) >= 11 is 0. The average molecular weight is 330 g/mol. The molecule has 2 aromatic rings. The van der Waals surface area contributed by atoms with Crippen LogP contribution in [0.25, 0.3) is 0 Å². The molecule has 0 N–H and O–H groups in total. The van der Waals surface area contributed by atoms with Crippen molar-refractivity contribution in [3.63, 3.8) is 0 Å². The molecule has 0 spiro atoms. The van der Waals surface area contributed by atoms with Gasteiger partial charge >= 0.3 is 5.97 Å². The summed E-state index contributed by atoms with van der Waals surface area (Å²) in [6, 6.07) is 12.0. The fraction of sp³-hybridized carbons (Fsp3) is 0.235. The first kappa shape index (κ1) is 17.3. The molecule has 2 aromatic carbocycles. The predicted octanol–water partition coefficient (Wildman–Crippen LogP) is 3.03. The number of hydrogen-bond acceptors (Lipinski definition) is 6. The molecule has 0 aliphatic carbocycles. The monoisotopic (exact) mass is 330 g/mol. The van der Waals surface area contributed by atoms with Gasteiger partial charge in [0.2, 0.25) is 0 Å². The van der Waals surface area contributed by atoms with Gasteiger partial charge in [-0.25, -0.2) is 4.79 Å². The number of esters is 1. The molecule has 0 aromatic heterocycles. The Morgan fingerprint density at radius 1 is 1.21 bits per heavy atom. The molecule has 0 aliphatic heterocycles. The molecule has 0 bridgehead atoms. The molecule has 0 heterocycles. The lowest BCUT2D eigenvalue weighted by Crippen LogP contribution is -2.17. The Kier molecular flexibility index (Phi) is 5.36. The number of carbonyl (C=O) groups is 1. The van der Waals surface area contributed by atoms with E-state index >= 15 is 0 Å². The summed E-state index contributed by atoms with van der Waals surface area (Å²) in [6.45, 7) is 0.551. The third kappa shape index (κ3) is 3.81. The van der Waals surface area contributed by atoms with Crippen LogP contribution in [0, 0.1) is 10.1 Å². The van der Waals surface area contributed by atoms with Crippen LogP contribution in [0.4, 0.5) is 11.4 Å². The smallest absolute Gasteiger partial charge is 0.344 e. The molecule has 7 nitrogen and oxygen atoms in total. The molecular weight excluding hydrogens is 312 g/mol. The van der Waals surface area contributed by atoms with E-state index in [1.54, 1.807) is 13.2 Å². The van der Waals surface area contributed by atoms with Gasteiger partial charge in [0.25, 0.3) is 5.69 Å². The summed E-state index contributed by atoms with van der Waals surface area (Å²) < 4.78 is 9.83. The number of nitro groups is 1. The molecule has 0 amide bonds. The van der Waals surface area contributed by atoms with Crippen LogP contribution < -0.4 is 9.64 Å². The number of nitro benzene ring substituents is 1. The number of carbonyl (C=O) groups excluding carboxylic acids is 1. The van der Waals surface area contributed by atoms with Gasteiger partial charge in [-0.1, -0.05) is 12.1 Å². The molecule has 0 fully saturated rings. The summed E-state index contributed by atoms with van der Waals surface area (Å²) in [4.78, 5) is 24.1. The number of ether oxygens (including phenoxy) is 2. The molecule has 0 atom stereocenters. The molecular formula is C17H18N2O5. The fourth-order valence-corrected chi connectivity index (χ4v) is 2.33. The molecule has 0 saturated heterocycles. The van der Waals surface area contributed by atoms with E-state index in [0.717, 1.165) is 11.3 Å². The Labute approximate surface area is 139 Å². The van der Waals surface area contributed by atoms with Gasteiger partial charge in [0.15, 0.2) is 0 Å². The lowest BCUT2D eigenvalue weighted by Gasteiger charge is -2.20. The van der Waals surface area contributed by atoms with E-state index < -0.39 is 10.9 Å². The van der Waals surface area contributed by atoms with Crippen LogP contribution in [0.3, 0.4) is 0 Å². The summed E-state index contributed by atoms with van der Waals surface area (Å²) in [5.41, 5.74) is 1.33. The number of rotatable bonds is 6. The van der Waals surface area contributed by atoms with Gasteiger partial charge in [0, 0.05) is 25.3 Å². The van der Waals surface area contributed by atoms with Crippen LogP contribution in [0.15, 0.2) is 42.5 Å². The van der Waals surface area contributed by atoms with Crippen molar-refractivity contribution in [2.24, 2.45) is 0 Å². The van der Waals surface area contributed by atoms with Crippen LogP contribution in [-0.4, -0.2) is 32.2 Å². The van der Waals surface area contributed by atoms with Crippen molar-refractivity contribution in [3.05, 3.63) is 63.7 Å². The highest BCUT2D eigenvalue weighted by molar-refractivity contribution is 5.95. The van der Waals surface area contributed by atoms with E-state index in [1.807, 2.05) is 36.2 Å². The Morgan fingerprint density at radius 3 is 2.58 bits per heavy atom. The quantitative estimate of drug-likeness (QED) is 0.460. The zero-order valence-corrected chi connectivity index (χ0v) is 13.7. The Morgan fingerprint density at radius 2 is 1.96 bits per heavy atom. The highest BCUT2D eigenvalue weighted by Crippen LogP contribution is 2.26. The largest absolute Gasteiger partial charge is 0.497 e. The van der Waals surface area contributed by atoms with E-state index in [0.29, 0.717) is 12.2 Å². The van der Waals surface area contributed by atoms with E-state index in [-0.39, 0.29) is 11.3 Å². The highest BCUT2D eigenvalue weighted by atomic mass is 16.6. The zero-order chi connectivity index (χ0) is 17.7. The van der Waals surface area contributed by atoms with Gasteiger partial charge in [0.1, 0.15) is 11.3 Å². The molecule has 2 rings (SSSR count). The number of benzene rings is 2. The van der Waals surface area contributed by atoms with Crippen LogP contribution in [-0.2, 0) is 11.3 Å². The van der Waals surface area contributed by atoms with E-state index in [1.165, 1.54) is 19.2 Å². The summed E-state index contributed by atoms with van der Waals surface area (Å²) in [7, 11) is 4.63. The molecule has 0 aliphatic rings. The van der Waals surface area contributed by atoms with Crippen molar-refractivity contribution in [1.82, 2.24) is 0 Å². The second kappa shape index (κ2) is 7.45. The van der Waals surface area contributed by atoms with Gasteiger partial charge in [-0.05, 0) is 29.8 Å². The first-order valence-electron chi connectivity index (χ1n) is 7.17. The summed E-state index contributed by atoms with van der Waals surface area (Å²) in [6.07, 6.45) is 0. The summed E-state index contributed by atoms with van der Waals surface area (Å²) in [5.74, 6) is 0.0122. The average Bonchev–Trinajstić information content (AvgIpc) is 2.60. The minimum absolute atomic E-state index is 0.0718. The maximum Gasteiger partial charge on any atom is 0.344 e. The third-order valence-electron chi connectivity index (χ3n) is 3.58. The Balaban J connectivity index is 2.30. The van der Waals surface area contributed by atoms with Crippen molar-refractivity contribution in [2.75, 3.05) is 26.2 Å². The minimum atomic E-state index is -0.738. The van der Waals surface area contributed by atoms with Crippen molar-refractivity contribution < 1.29 is 19.2 Å². The standard InChI is InChI=1S/C17H18N2O5/c1-18(11-12-5-4-6-14(9-12)23-2)13-7-8-16(19(21)22)15(10-13)17(20)24-3/h4-10H,11H2,1-3H3. The van der Waals surface area contributed by atoms with Gasteiger partial charge in [0.05, 0.1) is 19.1 Å². The van der Waals surface area contributed by atoms with Crippen molar-refractivity contribution in [3.8, 4) is 5.75 Å². The Hall–Kier alpha value is -3.09. The minimum Gasteiger partial charge on any atom is -0.497 e. The van der Waals surface area contributed by atoms with Gasteiger partial charge in [-0.2, -0.15) is 0 Å². The topological polar surface area (TPSA) is 81.9 Å². The van der Waals surface area contributed by atoms with Gasteiger partial charge in [-0.15, -0.1) is 0 Å². The molecule has 0 unspecified atom stereocenters. The molecule has 126 valence electrons. The van der Waals surface area contributed by atoms with E-state index in [2.05, 4.69) is 4.74 Å². The first-order chi connectivity index (χ1) is 11.5. The molecule has 0 saturated carbocycles.